The maximum absolute atomic E-state index is 13.0. The number of hydrogen-bond donors (Lipinski definition) is 7. The summed E-state index contributed by atoms with van der Waals surface area (Å²) in [7, 11) is 0. The molecule has 12 heteroatoms. The predicted octanol–water partition coefficient (Wildman–Crippen LogP) is -0.289. The fraction of sp³-hybridized carbons (Fsp3) is 0.800. The predicted molar refractivity (Wildman–Crippen MR) is 131 cm³/mol. The molecule has 0 radical (unpaired) electrons. The summed E-state index contributed by atoms with van der Waals surface area (Å²) in [4.78, 5) is 49.4. The number of carbonyl (C=O) groups is 4. The first-order valence-electron chi connectivity index (χ1n) is 10.8. The molecule has 0 saturated heterocycles. The molecule has 186 valence electrons. The number of carboxylic acid groups (broad SMARTS) is 1. The molecule has 0 rings (SSSR count). The Balaban J connectivity index is 5.33. The number of amides is 3. The van der Waals surface area contributed by atoms with Crippen LogP contribution in [0.25, 0.3) is 0 Å². The van der Waals surface area contributed by atoms with E-state index in [1.807, 2.05) is 20.1 Å². The molecule has 0 aliphatic carbocycles. The Hall–Kier alpha value is -1.50. The molecule has 8 N–H and O–H groups in total. The molecule has 0 saturated carbocycles. The van der Waals surface area contributed by atoms with Crippen LogP contribution in [0.5, 0.6) is 0 Å². The highest BCUT2D eigenvalue weighted by atomic mass is 32.2. The molecule has 0 aromatic rings. The van der Waals surface area contributed by atoms with Gasteiger partial charge >= 0.3 is 5.97 Å². The lowest BCUT2D eigenvalue weighted by molar-refractivity contribution is -0.141. The number of carbonyl (C=O) groups excluding carboxylic acids is 3. The topological polar surface area (TPSA) is 177 Å². The molecule has 0 aromatic heterocycles. The Labute approximate surface area is 200 Å². The summed E-state index contributed by atoms with van der Waals surface area (Å²) in [5, 5.41) is 16.9. The van der Waals surface area contributed by atoms with Crippen molar-refractivity contribution in [1.82, 2.24) is 16.0 Å². The van der Waals surface area contributed by atoms with Gasteiger partial charge < -0.3 is 32.5 Å². The number of thiol groups is 1. The van der Waals surface area contributed by atoms with Crippen molar-refractivity contribution < 1.29 is 24.3 Å². The van der Waals surface area contributed by atoms with Gasteiger partial charge in [0, 0.05) is 5.75 Å². The second kappa shape index (κ2) is 17.0. The summed E-state index contributed by atoms with van der Waals surface area (Å²) in [5.41, 5.74) is 11.4. The van der Waals surface area contributed by atoms with Crippen molar-refractivity contribution in [2.45, 2.75) is 70.1 Å². The van der Waals surface area contributed by atoms with Crippen LogP contribution >= 0.6 is 24.4 Å². The minimum atomic E-state index is -1.21. The third kappa shape index (κ3) is 11.4. The van der Waals surface area contributed by atoms with Crippen LogP contribution in [0.1, 0.15) is 46.0 Å². The summed E-state index contributed by atoms with van der Waals surface area (Å²) in [6.45, 7) is 4.23. The standard InChI is InChI=1S/C20H39N5O5S2/c1-4-12(2)16(25-17(26)13(22)7-5-6-9-21)19(28)23-14(8-10-32-3)18(27)24-15(11-31)20(29)30/h12-16,31H,4-11,21-22H2,1-3H3,(H,23,28)(H,24,27)(H,25,26)(H,29,30). The van der Waals surface area contributed by atoms with Crippen LogP contribution in [0.4, 0.5) is 0 Å². The molecule has 5 atom stereocenters. The van der Waals surface area contributed by atoms with Crippen molar-refractivity contribution in [2.24, 2.45) is 17.4 Å². The van der Waals surface area contributed by atoms with Crippen LogP contribution in [0.3, 0.4) is 0 Å². The fourth-order valence-electron chi connectivity index (χ4n) is 2.83. The molecule has 3 amide bonds. The number of hydrogen-bond acceptors (Lipinski definition) is 8. The lowest BCUT2D eigenvalue weighted by atomic mass is 9.97. The van der Waals surface area contributed by atoms with Gasteiger partial charge in [0.1, 0.15) is 18.1 Å². The molecule has 32 heavy (non-hydrogen) atoms. The largest absolute Gasteiger partial charge is 0.480 e. The van der Waals surface area contributed by atoms with Crippen LogP contribution in [0, 0.1) is 5.92 Å². The number of rotatable bonds is 17. The summed E-state index contributed by atoms with van der Waals surface area (Å²) < 4.78 is 0. The van der Waals surface area contributed by atoms with Crippen molar-refractivity contribution >= 4 is 48.1 Å². The molecule has 0 fully saturated rings. The van der Waals surface area contributed by atoms with Gasteiger partial charge in [-0.1, -0.05) is 26.7 Å². The van der Waals surface area contributed by atoms with Crippen molar-refractivity contribution in [3.63, 3.8) is 0 Å². The van der Waals surface area contributed by atoms with E-state index in [1.54, 1.807) is 0 Å². The molecule has 0 heterocycles. The molecule has 0 aliphatic rings. The average Bonchev–Trinajstić information content (AvgIpc) is 2.77. The van der Waals surface area contributed by atoms with Gasteiger partial charge in [-0.05, 0) is 43.7 Å². The van der Waals surface area contributed by atoms with E-state index >= 15 is 0 Å². The van der Waals surface area contributed by atoms with E-state index in [9.17, 15) is 19.2 Å². The van der Waals surface area contributed by atoms with Gasteiger partial charge in [0.2, 0.25) is 17.7 Å². The molecule has 0 bridgehead atoms. The second-order valence-corrected chi connectivity index (χ2v) is 9.04. The van der Waals surface area contributed by atoms with E-state index in [4.69, 9.17) is 16.6 Å². The zero-order chi connectivity index (χ0) is 24.7. The fourth-order valence-corrected chi connectivity index (χ4v) is 3.54. The Morgan fingerprint density at radius 3 is 2.12 bits per heavy atom. The smallest absolute Gasteiger partial charge is 0.327 e. The number of nitrogens with one attached hydrogen (secondary N) is 3. The SMILES string of the molecule is CCC(C)C(NC(=O)C(N)CCCCN)C(=O)NC(CCSC)C(=O)NC(CS)C(=O)O. The quantitative estimate of drug-likeness (QED) is 0.107. The molecule has 5 unspecified atom stereocenters. The van der Waals surface area contributed by atoms with Gasteiger partial charge in [-0.25, -0.2) is 4.79 Å². The number of nitrogens with two attached hydrogens (primary N) is 2. The Morgan fingerprint density at radius 2 is 1.62 bits per heavy atom. The molecule has 0 aliphatic heterocycles. The first-order valence-corrected chi connectivity index (χ1v) is 12.8. The Kier molecular flexibility index (Phi) is 16.2. The number of thioether (sulfide) groups is 1. The molecule has 0 spiro atoms. The van der Waals surface area contributed by atoms with Gasteiger partial charge in [-0.15, -0.1) is 0 Å². The highest BCUT2D eigenvalue weighted by molar-refractivity contribution is 7.98. The maximum atomic E-state index is 13.0. The van der Waals surface area contributed by atoms with Crippen LogP contribution in [0.2, 0.25) is 0 Å². The van der Waals surface area contributed by atoms with E-state index in [1.165, 1.54) is 11.8 Å². The molecule has 10 nitrogen and oxygen atoms in total. The molecular weight excluding hydrogens is 454 g/mol. The second-order valence-electron chi connectivity index (χ2n) is 7.69. The van der Waals surface area contributed by atoms with E-state index in [0.29, 0.717) is 38.0 Å². The lowest BCUT2D eigenvalue weighted by Gasteiger charge is -2.28. The monoisotopic (exact) mass is 493 g/mol. The van der Waals surface area contributed by atoms with Crippen LogP contribution in [-0.4, -0.2) is 77.3 Å². The molecular formula is C20H39N5O5S2. The Bertz CT molecular complexity index is 611. The highest BCUT2D eigenvalue weighted by Gasteiger charge is 2.32. The highest BCUT2D eigenvalue weighted by Crippen LogP contribution is 2.11. The zero-order valence-electron chi connectivity index (χ0n) is 19.1. The zero-order valence-corrected chi connectivity index (χ0v) is 20.8. The first kappa shape index (κ1) is 30.5. The van der Waals surface area contributed by atoms with Crippen LogP contribution < -0.4 is 27.4 Å². The lowest BCUT2D eigenvalue weighted by Crippen LogP contribution is -2.58. The summed E-state index contributed by atoms with van der Waals surface area (Å²) in [6.07, 6.45) is 4.70. The van der Waals surface area contributed by atoms with Crippen molar-refractivity contribution in [3.8, 4) is 0 Å². The normalized spacial score (nSPS) is 15.7. The number of unbranched alkanes of at least 4 members (excludes halogenated alkanes) is 1. The molecule has 0 aromatic carbocycles. The minimum absolute atomic E-state index is 0.0855. The van der Waals surface area contributed by atoms with E-state index in [2.05, 4.69) is 28.6 Å². The summed E-state index contributed by atoms with van der Waals surface area (Å²) in [6, 6.07) is -3.75. The van der Waals surface area contributed by atoms with Crippen molar-refractivity contribution in [3.05, 3.63) is 0 Å². The first-order chi connectivity index (χ1) is 15.1. The summed E-state index contributed by atoms with van der Waals surface area (Å²) >= 11 is 5.44. The van der Waals surface area contributed by atoms with Gasteiger partial charge in [-0.3, -0.25) is 14.4 Å². The van der Waals surface area contributed by atoms with Crippen molar-refractivity contribution in [1.29, 1.82) is 0 Å². The van der Waals surface area contributed by atoms with Gasteiger partial charge in [0.25, 0.3) is 0 Å². The maximum Gasteiger partial charge on any atom is 0.327 e. The average molecular weight is 494 g/mol. The third-order valence-corrected chi connectivity index (χ3v) is 6.15. The van der Waals surface area contributed by atoms with Crippen LogP contribution in [0.15, 0.2) is 0 Å². The van der Waals surface area contributed by atoms with Gasteiger partial charge in [0.15, 0.2) is 0 Å². The van der Waals surface area contributed by atoms with Gasteiger partial charge in [0.05, 0.1) is 6.04 Å². The summed E-state index contributed by atoms with van der Waals surface area (Å²) in [5.74, 6) is -2.49. The van der Waals surface area contributed by atoms with Crippen molar-refractivity contribution in [2.75, 3.05) is 24.3 Å². The van der Waals surface area contributed by atoms with Crippen LogP contribution in [-0.2, 0) is 19.2 Å². The third-order valence-electron chi connectivity index (χ3n) is 5.14. The van der Waals surface area contributed by atoms with Gasteiger partial charge in [-0.2, -0.15) is 24.4 Å². The minimum Gasteiger partial charge on any atom is -0.480 e. The Morgan fingerprint density at radius 1 is 1.00 bits per heavy atom. The number of aliphatic carboxylic acids is 1. The van der Waals surface area contributed by atoms with E-state index < -0.39 is 47.9 Å². The van der Waals surface area contributed by atoms with E-state index in [-0.39, 0.29) is 11.7 Å². The van der Waals surface area contributed by atoms with E-state index in [0.717, 1.165) is 6.42 Å². The number of carboxylic acids is 1.